The van der Waals surface area contributed by atoms with E-state index in [-0.39, 0.29) is 25.0 Å². The Morgan fingerprint density at radius 2 is 1.56 bits per heavy atom. The number of aliphatic hydroxyl groups excluding tert-OH is 1. The SMILES string of the molecule is CC.Cc1ccc(OCCCC[C@H](NC(=O)[C@H](CC(C)C)NC(=O)CNC(=O)OCc2ccccc2)C(C)O)cc1. The minimum Gasteiger partial charge on any atom is -0.494 e. The van der Waals surface area contributed by atoms with Crippen LogP contribution in [0.3, 0.4) is 0 Å². The van der Waals surface area contributed by atoms with E-state index in [1.165, 1.54) is 5.56 Å². The molecular weight excluding hydrogens is 522 g/mol. The van der Waals surface area contributed by atoms with Gasteiger partial charge in [-0.05, 0) is 63.1 Å². The van der Waals surface area contributed by atoms with Gasteiger partial charge in [0, 0.05) is 0 Å². The third-order valence-electron chi connectivity index (χ3n) is 6.07. The number of alkyl carbamates (subject to hydrolysis) is 1. The fourth-order valence-corrected chi connectivity index (χ4v) is 3.88. The number of unbranched alkanes of at least 4 members (excludes halogenated alkanes) is 1. The number of benzene rings is 2. The summed E-state index contributed by atoms with van der Waals surface area (Å²) in [6.45, 7) is 11.9. The molecule has 0 radical (unpaired) electrons. The van der Waals surface area contributed by atoms with E-state index in [4.69, 9.17) is 9.47 Å². The largest absolute Gasteiger partial charge is 0.494 e. The van der Waals surface area contributed by atoms with Gasteiger partial charge in [-0.25, -0.2) is 4.79 Å². The fraction of sp³-hybridized carbons (Fsp3) is 0.531. The molecule has 0 heterocycles. The summed E-state index contributed by atoms with van der Waals surface area (Å²) in [5, 5.41) is 18.2. The number of hydrogen-bond donors (Lipinski definition) is 4. The van der Waals surface area contributed by atoms with Gasteiger partial charge in [0.05, 0.1) is 18.8 Å². The number of rotatable bonds is 16. The van der Waals surface area contributed by atoms with Crippen molar-refractivity contribution in [1.82, 2.24) is 16.0 Å². The van der Waals surface area contributed by atoms with Crippen LogP contribution >= 0.6 is 0 Å². The predicted molar refractivity (Wildman–Crippen MR) is 161 cm³/mol. The summed E-state index contributed by atoms with van der Waals surface area (Å²) in [7, 11) is 0. The number of carbonyl (C=O) groups is 3. The van der Waals surface area contributed by atoms with E-state index in [9.17, 15) is 19.5 Å². The highest BCUT2D eigenvalue weighted by Crippen LogP contribution is 2.13. The van der Waals surface area contributed by atoms with E-state index in [2.05, 4.69) is 16.0 Å². The summed E-state index contributed by atoms with van der Waals surface area (Å²) in [5.41, 5.74) is 2.00. The van der Waals surface area contributed by atoms with Crippen molar-refractivity contribution in [2.24, 2.45) is 5.92 Å². The lowest BCUT2D eigenvalue weighted by Crippen LogP contribution is -2.53. The smallest absolute Gasteiger partial charge is 0.407 e. The number of aliphatic hydroxyl groups is 1. The average Bonchev–Trinajstić information content (AvgIpc) is 2.96. The first-order valence-corrected chi connectivity index (χ1v) is 14.6. The molecule has 0 aromatic heterocycles. The molecule has 9 heteroatoms. The van der Waals surface area contributed by atoms with Gasteiger partial charge in [-0.1, -0.05) is 75.7 Å². The zero-order chi connectivity index (χ0) is 30.6. The molecule has 0 aliphatic heterocycles. The minimum absolute atomic E-state index is 0.0888. The molecule has 0 bridgehead atoms. The number of nitrogens with one attached hydrogen (secondary N) is 3. The molecule has 2 aromatic carbocycles. The Bertz CT molecular complexity index is 1010. The highest BCUT2D eigenvalue weighted by atomic mass is 16.5. The normalized spacial score (nSPS) is 12.7. The summed E-state index contributed by atoms with van der Waals surface area (Å²) in [6, 6.07) is 15.8. The predicted octanol–water partition coefficient (Wildman–Crippen LogP) is 4.89. The maximum atomic E-state index is 13.1. The molecule has 1 unspecified atom stereocenters. The second-order valence-electron chi connectivity index (χ2n) is 10.2. The number of carbonyl (C=O) groups excluding carboxylic acids is 3. The van der Waals surface area contributed by atoms with Gasteiger partial charge in [-0.15, -0.1) is 0 Å². The average molecular weight is 572 g/mol. The number of aryl methyl sites for hydroxylation is 1. The van der Waals surface area contributed by atoms with Gasteiger partial charge in [0.1, 0.15) is 24.9 Å². The Kier molecular flexibility index (Phi) is 17.6. The lowest BCUT2D eigenvalue weighted by atomic mass is 10.0. The van der Waals surface area contributed by atoms with Gasteiger partial charge in [0.15, 0.2) is 0 Å². The molecule has 3 amide bonds. The van der Waals surface area contributed by atoms with E-state index < -0.39 is 30.2 Å². The number of amides is 3. The maximum Gasteiger partial charge on any atom is 0.407 e. The number of ether oxygens (including phenoxy) is 2. The lowest BCUT2D eigenvalue weighted by Gasteiger charge is -2.26. The summed E-state index contributed by atoms with van der Waals surface area (Å²) < 4.78 is 10.9. The molecule has 4 N–H and O–H groups in total. The van der Waals surface area contributed by atoms with Gasteiger partial charge in [0.2, 0.25) is 11.8 Å². The third kappa shape index (κ3) is 15.7. The molecule has 3 atom stereocenters. The van der Waals surface area contributed by atoms with Crippen molar-refractivity contribution < 1.29 is 29.0 Å². The van der Waals surface area contributed by atoms with Crippen molar-refractivity contribution in [3.8, 4) is 5.75 Å². The first-order chi connectivity index (χ1) is 19.6. The molecule has 0 saturated heterocycles. The van der Waals surface area contributed by atoms with Crippen LogP contribution in [0.4, 0.5) is 4.79 Å². The van der Waals surface area contributed by atoms with E-state index >= 15 is 0 Å². The fourth-order valence-electron chi connectivity index (χ4n) is 3.88. The van der Waals surface area contributed by atoms with Gasteiger partial charge < -0.3 is 30.5 Å². The molecule has 0 spiro atoms. The highest BCUT2D eigenvalue weighted by Gasteiger charge is 2.26. The molecule has 2 rings (SSSR count). The van der Waals surface area contributed by atoms with Crippen LogP contribution in [0.2, 0.25) is 0 Å². The van der Waals surface area contributed by atoms with Crippen molar-refractivity contribution in [3.05, 3.63) is 65.7 Å². The Morgan fingerprint density at radius 1 is 0.902 bits per heavy atom. The van der Waals surface area contributed by atoms with E-state index in [0.717, 1.165) is 24.2 Å². The summed E-state index contributed by atoms with van der Waals surface area (Å²) in [5.74, 6) is 0.0702. The molecule has 0 aliphatic carbocycles. The highest BCUT2D eigenvalue weighted by molar-refractivity contribution is 5.89. The molecule has 0 aliphatic rings. The van der Waals surface area contributed by atoms with Crippen LogP contribution < -0.4 is 20.7 Å². The van der Waals surface area contributed by atoms with Crippen LogP contribution in [0.15, 0.2) is 54.6 Å². The van der Waals surface area contributed by atoms with Crippen LogP contribution in [0.25, 0.3) is 0 Å². The topological polar surface area (TPSA) is 126 Å². The van der Waals surface area contributed by atoms with Crippen molar-refractivity contribution >= 4 is 17.9 Å². The van der Waals surface area contributed by atoms with Crippen molar-refractivity contribution in [2.45, 2.75) is 92.0 Å². The summed E-state index contributed by atoms with van der Waals surface area (Å²) in [6.07, 6.45) is 1.01. The van der Waals surface area contributed by atoms with Crippen LogP contribution in [-0.2, 0) is 20.9 Å². The van der Waals surface area contributed by atoms with Crippen LogP contribution in [0.1, 0.15) is 71.4 Å². The van der Waals surface area contributed by atoms with Gasteiger partial charge in [-0.2, -0.15) is 0 Å². The zero-order valence-corrected chi connectivity index (χ0v) is 25.4. The Balaban J connectivity index is 0.00000411. The maximum absolute atomic E-state index is 13.1. The summed E-state index contributed by atoms with van der Waals surface area (Å²) in [4.78, 5) is 37.5. The minimum atomic E-state index is -0.800. The Labute approximate surface area is 245 Å². The third-order valence-corrected chi connectivity index (χ3v) is 6.07. The van der Waals surface area contributed by atoms with Gasteiger partial charge in [-0.3, -0.25) is 9.59 Å². The van der Waals surface area contributed by atoms with Crippen LogP contribution in [0, 0.1) is 12.8 Å². The zero-order valence-electron chi connectivity index (χ0n) is 25.4. The second kappa shape index (κ2) is 20.3. The van der Waals surface area contributed by atoms with Crippen molar-refractivity contribution in [1.29, 1.82) is 0 Å². The first kappa shape index (κ1) is 35.4. The quantitative estimate of drug-likeness (QED) is 0.213. The Morgan fingerprint density at radius 3 is 2.17 bits per heavy atom. The lowest BCUT2D eigenvalue weighted by molar-refractivity contribution is -0.130. The van der Waals surface area contributed by atoms with Crippen LogP contribution in [0.5, 0.6) is 5.75 Å². The molecule has 2 aromatic rings. The standard InChI is InChI=1S/C30H43N3O6.C2H6/c1-21(2)18-27(32-28(35)19-31-30(37)39-20-24-10-6-5-7-11-24)29(36)33-26(23(4)34)12-8-9-17-38-25-15-13-22(3)14-16-25;1-2/h5-7,10-11,13-16,21,23,26-27,34H,8-9,12,17-20H2,1-4H3,(H,31,37)(H,32,35)(H,33,36);1-2H3/t23?,26-,27-;/m0./s1. The van der Waals surface area contributed by atoms with Crippen molar-refractivity contribution in [3.63, 3.8) is 0 Å². The van der Waals surface area contributed by atoms with E-state index in [1.807, 2.05) is 89.2 Å². The molecule has 9 nitrogen and oxygen atoms in total. The molecule has 228 valence electrons. The summed E-state index contributed by atoms with van der Waals surface area (Å²) >= 11 is 0. The molecule has 0 fully saturated rings. The second-order valence-corrected chi connectivity index (χ2v) is 10.2. The number of hydrogen-bond acceptors (Lipinski definition) is 6. The first-order valence-electron chi connectivity index (χ1n) is 14.6. The molecule has 0 saturated carbocycles. The monoisotopic (exact) mass is 571 g/mol. The van der Waals surface area contributed by atoms with Crippen molar-refractivity contribution in [2.75, 3.05) is 13.2 Å². The van der Waals surface area contributed by atoms with E-state index in [0.29, 0.717) is 19.4 Å². The van der Waals surface area contributed by atoms with E-state index in [1.54, 1.807) is 6.92 Å². The van der Waals surface area contributed by atoms with Gasteiger partial charge in [0.25, 0.3) is 0 Å². The van der Waals surface area contributed by atoms with Gasteiger partial charge >= 0.3 is 6.09 Å². The molecule has 41 heavy (non-hydrogen) atoms. The Hall–Kier alpha value is -3.59. The van der Waals surface area contributed by atoms with Crippen LogP contribution in [-0.4, -0.2) is 54.4 Å². The molecular formula is C32H49N3O6.